The molecule has 0 saturated heterocycles. The van der Waals surface area contributed by atoms with E-state index in [0.717, 1.165) is 12.1 Å². The average molecular weight is 351 g/mol. The molecule has 9 heteroatoms. The molecular weight excluding hydrogens is 339 g/mol. The molecular formula is C13H12F3NO3S2. The molecule has 0 saturated carbocycles. The van der Waals surface area contributed by atoms with Crippen molar-refractivity contribution in [2.75, 3.05) is 6.54 Å². The molecule has 1 aromatic heterocycles. The highest BCUT2D eigenvalue weighted by atomic mass is 32.2. The molecule has 0 bridgehead atoms. The molecule has 0 aliphatic rings. The summed E-state index contributed by atoms with van der Waals surface area (Å²) in [4.78, 5) is -0.294. The first kappa shape index (κ1) is 16.9. The third-order valence-electron chi connectivity index (χ3n) is 2.89. The van der Waals surface area contributed by atoms with E-state index < -0.39 is 27.9 Å². The normalized spacial score (nSPS) is 14.0. The van der Waals surface area contributed by atoms with Gasteiger partial charge in [0.1, 0.15) is 0 Å². The summed E-state index contributed by atoms with van der Waals surface area (Å²) in [5.74, 6) is 0. The average Bonchev–Trinajstić information content (AvgIpc) is 2.98. The summed E-state index contributed by atoms with van der Waals surface area (Å²) >= 11 is 1.36. The fourth-order valence-electron chi connectivity index (χ4n) is 1.68. The van der Waals surface area contributed by atoms with Gasteiger partial charge in [-0.3, -0.25) is 0 Å². The van der Waals surface area contributed by atoms with E-state index in [4.69, 9.17) is 0 Å². The van der Waals surface area contributed by atoms with Crippen molar-refractivity contribution in [3.05, 3.63) is 52.2 Å². The second-order valence-electron chi connectivity index (χ2n) is 4.45. The van der Waals surface area contributed by atoms with Crippen LogP contribution in [0.1, 0.15) is 17.2 Å². The summed E-state index contributed by atoms with van der Waals surface area (Å²) in [5.41, 5.74) is -0.357. The van der Waals surface area contributed by atoms with Crippen molar-refractivity contribution in [3.63, 3.8) is 0 Å². The molecule has 1 atom stereocenters. The third kappa shape index (κ3) is 4.07. The second-order valence-corrected chi connectivity index (χ2v) is 6.99. The predicted molar refractivity (Wildman–Crippen MR) is 75.9 cm³/mol. The number of aliphatic hydroxyl groups is 1. The highest BCUT2D eigenvalue weighted by Crippen LogP contribution is 2.29. The zero-order valence-electron chi connectivity index (χ0n) is 11.0. The van der Waals surface area contributed by atoms with Crippen molar-refractivity contribution in [2.24, 2.45) is 0 Å². The van der Waals surface area contributed by atoms with Crippen LogP contribution in [0.2, 0.25) is 0 Å². The van der Waals surface area contributed by atoms with Crippen molar-refractivity contribution in [2.45, 2.75) is 17.2 Å². The summed E-state index contributed by atoms with van der Waals surface area (Å²) in [7, 11) is -3.98. The quantitative estimate of drug-likeness (QED) is 0.871. The van der Waals surface area contributed by atoms with Crippen LogP contribution in [-0.2, 0) is 16.2 Å². The predicted octanol–water partition coefficient (Wildman–Crippen LogP) is 2.78. The van der Waals surface area contributed by atoms with Gasteiger partial charge in [-0.1, -0.05) is 0 Å². The van der Waals surface area contributed by atoms with E-state index in [9.17, 15) is 26.7 Å². The lowest BCUT2D eigenvalue weighted by Gasteiger charge is -2.12. The van der Waals surface area contributed by atoms with E-state index in [2.05, 4.69) is 4.72 Å². The molecule has 0 amide bonds. The number of hydrogen-bond acceptors (Lipinski definition) is 4. The molecule has 1 aromatic carbocycles. The lowest BCUT2D eigenvalue weighted by molar-refractivity contribution is -0.137. The van der Waals surface area contributed by atoms with Crippen molar-refractivity contribution >= 4 is 21.4 Å². The van der Waals surface area contributed by atoms with E-state index in [-0.39, 0.29) is 11.4 Å². The van der Waals surface area contributed by atoms with Gasteiger partial charge in [-0.25, -0.2) is 13.1 Å². The number of rotatable bonds is 5. The summed E-state index contributed by atoms with van der Waals surface area (Å²) in [6.45, 7) is -0.264. The highest BCUT2D eigenvalue weighted by Gasteiger charge is 2.30. The van der Waals surface area contributed by atoms with Crippen LogP contribution in [0.4, 0.5) is 13.2 Å². The molecule has 0 spiro atoms. The smallest absolute Gasteiger partial charge is 0.387 e. The molecule has 2 aromatic rings. The maximum atomic E-state index is 12.4. The largest absolute Gasteiger partial charge is 0.416 e. The van der Waals surface area contributed by atoms with Crippen molar-refractivity contribution in [1.29, 1.82) is 0 Å². The van der Waals surface area contributed by atoms with E-state index in [1.807, 2.05) is 0 Å². The fourth-order valence-corrected chi connectivity index (χ4v) is 3.42. The molecule has 0 radical (unpaired) electrons. The minimum atomic E-state index is -4.52. The van der Waals surface area contributed by atoms with Crippen LogP contribution in [0, 0.1) is 0 Å². The number of thiophene rings is 1. The summed E-state index contributed by atoms with van der Waals surface area (Å²) in [6.07, 6.45) is -5.54. The van der Waals surface area contributed by atoms with Crippen molar-refractivity contribution in [1.82, 2.24) is 4.72 Å². The van der Waals surface area contributed by atoms with Gasteiger partial charge in [-0.15, -0.1) is 0 Å². The zero-order chi connectivity index (χ0) is 16.4. The van der Waals surface area contributed by atoms with Gasteiger partial charge < -0.3 is 5.11 Å². The van der Waals surface area contributed by atoms with E-state index in [0.29, 0.717) is 17.7 Å². The standard InChI is InChI=1S/C13H12F3NO3S2/c14-13(15,16)10-1-3-11(4-2-10)22(19,20)17-7-12(18)9-5-6-21-8-9/h1-6,8,12,17-18H,7H2. The Bertz CT molecular complexity index is 710. The monoisotopic (exact) mass is 351 g/mol. The number of aliphatic hydroxyl groups excluding tert-OH is 1. The fraction of sp³-hybridized carbons (Fsp3) is 0.231. The van der Waals surface area contributed by atoms with Gasteiger partial charge in [-0.2, -0.15) is 24.5 Å². The van der Waals surface area contributed by atoms with Crippen LogP contribution < -0.4 is 4.72 Å². The number of benzene rings is 1. The highest BCUT2D eigenvalue weighted by molar-refractivity contribution is 7.89. The van der Waals surface area contributed by atoms with E-state index in [1.54, 1.807) is 16.8 Å². The molecule has 0 aliphatic heterocycles. The van der Waals surface area contributed by atoms with Gasteiger partial charge in [0.2, 0.25) is 10.0 Å². The van der Waals surface area contributed by atoms with Gasteiger partial charge in [0.25, 0.3) is 0 Å². The van der Waals surface area contributed by atoms with Gasteiger partial charge in [0, 0.05) is 6.54 Å². The van der Waals surface area contributed by atoms with Gasteiger partial charge in [-0.05, 0) is 46.7 Å². The summed E-state index contributed by atoms with van der Waals surface area (Å²) in [6, 6.07) is 4.81. The Balaban J connectivity index is 2.07. The topological polar surface area (TPSA) is 66.4 Å². The number of halogens is 3. The van der Waals surface area contributed by atoms with Crippen molar-refractivity contribution in [3.8, 4) is 0 Å². The number of sulfonamides is 1. The van der Waals surface area contributed by atoms with Gasteiger partial charge in [0.15, 0.2) is 0 Å². The molecule has 120 valence electrons. The maximum absolute atomic E-state index is 12.4. The first-order valence-corrected chi connectivity index (χ1v) is 8.50. The Morgan fingerprint density at radius 1 is 1.18 bits per heavy atom. The molecule has 1 heterocycles. The minimum absolute atomic E-state index is 0.264. The summed E-state index contributed by atoms with van der Waals surface area (Å²) in [5, 5.41) is 13.2. The van der Waals surface area contributed by atoms with Gasteiger partial charge in [0.05, 0.1) is 16.6 Å². The summed E-state index contributed by atoms with van der Waals surface area (Å²) < 4.78 is 63.4. The number of nitrogens with one attached hydrogen (secondary N) is 1. The van der Waals surface area contributed by atoms with Crippen LogP contribution in [0.3, 0.4) is 0 Å². The third-order valence-corrected chi connectivity index (χ3v) is 5.03. The van der Waals surface area contributed by atoms with Crippen LogP contribution in [0.5, 0.6) is 0 Å². The molecule has 1 unspecified atom stereocenters. The number of hydrogen-bond donors (Lipinski definition) is 2. The molecule has 2 N–H and O–H groups in total. The molecule has 2 rings (SSSR count). The Hall–Kier alpha value is -1.42. The van der Waals surface area contributed by atoms with E-state index >= 15 is 0 Å². The number of alkyl halides is 3. The minimum Gasteiger partial charge on any atom is -0.387 e. The lowest BCUT2D eigenvalue weighted by atomic mass is 10.2. The second kappa shape index (κ2) is 6.37. The van der Waals surface area contributed by atoms with E-state index in [1.165, 1.54) is 11.3 Å². The maximum Gasteiger partial charge on any atom is 0.416 e. The Morgan fingerprint density at radius 2 is 1.82 bits per heavy atom. The first-order chi connectivity index (χ1) is 10.2. The Kier molecular flexibility index (Phi) is 4.90. The van der Waals surface area contributed by atoms with Crippen LogP contribution in [-0.4, -0.2) is 20.1 Å². The molecule has 4 nitrogen and oxygen atoms in total. The molecule has 0 fully saturated rings. The lowest BCUT2D eigenvalue weighted by Crippen LogP contribution is -2.28. The molecule has 0 aliphatic carbocycles. The van der Waals surface area contributed by atoms with Crippen LogP contribution in [0.25, 0.3) is 0 Å². The SMILES string of the molecule is O=S(=O)(NCC(O)c1ccsc1)c1ccc(C(F)(F)F)cc1. The van der Waals surface area contributed by atoms with Crippen molar-refractivity contribution < 1.29 is 26.7 Å². The molecule has 22 heavy (non-hydrogen) atoms. The van der Waals surface area contributed by atoms with Crippen LogP contribution >= 0.6 is 11.3 Å². The zero-order valence-corrected chi connectivity index (χ0v) is 12.7. The van der Waals surface area contributed by atoms with Crippen LogP contribution in [0.15, 0.2) is 46.0 Å². The Morgan fingerprint density at radius 3 is 2.32 bits per heavy atom. The Labute approximate surface area is 129 Å². The first-order valence-electron chi connectivity index (χ1n) is 6.07. The van der Waals surface area contributed by atoms with Gasteiger partial charge >= 0.3 is 6.18 Å².